The Morgan fingerprint density at radius 3 is 1.98 bits per heavy atom. The minimum Gasteiger partial charge on any atom is -0.423 e. The van der Waals surface area contributed by atoms with Crippen LogP contribution in [0.2, 0.25) is 0 Å². The summed E-state index contributed by atoms with van der Waals surface area (Å²) in [5.41, 5.74) is 14.2. The number of hydrogen-bond donors (Lipinski definition) is 0. The standard InChI is InChI=1S/C57H50N2OS/c1-56(2)45-29-13-14-33-50(45)61-54-46(56)30-17-31-47(54)57(40-23-5-3-6-24-40,41-25-7-4-8-26-41)42-27-15-22-39(36-42)51-43(37-18-9-10-19-37)34-35-48-52(51)58-55-59(48)49-32-16-28-44(53(49)60-55)38-20-11-12-21-38/h3-8,13-17,22-38H,9-12,18-21H2,1-2H3/i37D,38D. The van der Waals surface area contributed by atoms with E-state index in [1.165, 1.54) is 37.6 Å². The summed E-state index contributed by atoms with van der Waals surface area (Å²) >= 11 is 1.90. The van der Waals surface area contributed by atoms with Crippen molar-refractivity contribution in [1.29, 1.82) is 0 Å². The van der Waals surface area contributed by atoms with Crippen LogP contribution in [0.25, 0.3) is 39.1 Å². The van der Waals surface area contributed by atoms with Crippen molar-refractivity contribution in [2.75, 3.05) is 0 Å². The molecule has 12 rings (SSSR count). The van der Waals surface area contributed by atoms with E-state index in [1.54, 1.807) is 0 Å². The van der Waals surface area contributed by atoms with Crippen molar-refractivity contribution in [3.63, 3.8) is 0 Å². The molecule has 61 heavy (non-hydrogen) atoms. The van der Waals surface area contributed by atoms with Gasteiger partial charge in [-0.25, -0.2) is 0 Å². The molecule has 9 aromatic rings. The van der Waals surface area contributed by atoms with Gasteiger partial charge in [-0.2, -0.15) is 4.98 Å². The molecule has 300 valence electrons. The van der Waals surface area contributed by atoms with Gasteiger partial charge < -0.3 is 4.42 Å². The molecule has 3 aliphatic rings. The van der Waals surface area contributed by atoms with Crippen LogP contribution in [0.5, 0.6) is 0 Å². The van der Waals surface area contributed by atoms with Crippen molar-refractivity contribution in [2.24, 2.45) is 0 Å². The normalized spacial score (nSPS) is 18.3. The summed E-state index contributed by atoms with van der Waals surface area (Å²) in [5, 5.41) is 0. The average molecular weight is 813 g/mol. The van der Waals surface area contributed by atoms with E-state index in [0.29, 0.717) is 5.84 Å². The maximum absolute atomic E-state index is 10.1. The summed E-state index contributed by atoms with van der Waals surface area (Å²) in [6.45, 7) is 4.74. The van der Waals surface area contributed by atoms with Crippen molar-refractivity contribution in [1.82, 2.24) is 9.38 Å². The van der Waals surface area contributed by atoms with Gasteiger partial charge in [-0.15, -0.1) is 0 Å². The Hall–Kier alpha value is -5.84. The smallest absolute Gasteiger partial charge is 0.307 e. The van der Waals surface area contributed by atoms with Gasteiger partial charge in [-0.05, 0) is 106 Å². The second-order valence-electron chi connectivity index (χ2n) is 17.9. The molecule has 7 aromatic carbocycles. The summed E-state index contributed by atoms with van der Waals surface area (Å²) < 4.78 is 28.4. The minimum absolute atomic E-state index is 0.205. The van der Waals surface area contributed by atoms with E-state index in [1.807, 2.05) is 11.8 Å². The molecular formula is C57H50N2OS. The molecule has 0 N–H and O–H groups in total. The van der Waals surface area contributed by atoms with E-state index in [0.717, 1.165) is 101 Å². The number of aromatic nitrogens is 2. The Morgan fingerprint density at radius 2 is 1.25 bits per heavy atom. The van der Waals surface area contributed by atoms with Crippen LogP contribution >= 0.6 is 11.8 Å². The SMILES string of the molecule is [2H]C1(c2ccc3c(nc4oc5c(C6([2H])CCCC6)cccc5n43)c2-c2cccc(C(c3ccccc3)(c3ccccc3)c3cccc4c3Sc3ccccc3C4(C)C)c2)CCCC1. The molecule has 0 amide bonds. The molecule has 2 fully saturated rings. The Labute approximate surface area is 365 Å². The van der Waals surface area contributed by atoms with E-state index < -0.39 is 17.2 Å². The quantitative estimate of drug-likeness (QED) is 0.150. The first kappa shape index (κ1) is 34.8. The highest BCUT2D eigenvalue weighted by Gasteiger charge is 2.44. The number of rotatable bonds is 7. The summed E-state index contributed by atoms with van der Waals surface area (Å²) in [6.07, 6.45) is 7.52. The maximum Gasteiger partial charge on any atom is 0.307 e. The molecule has 2 saturated carbocycles. The van der Waals surface area contributed by atoms with Crippen LogP contribution in [0.4, 0.5) is 0 Å². The molecule has 0 spiro atoms. The largest absolute Gasteiger partial charge is 0.423 e. The van der Waals surface area contributed by atoms with E-state index >= 15 is 0 Å². The molecule has 0 bridgehead atoms. The summed E-state index contributed by atoms with van der Waals surface area (Å²) in [5.74, 6) is -0.847. The van der Waals surface area contributed by atoms with E-state index in [-0.39, 0.29) is 5.41 Å². The lowest BCUT2D eigenvalue weighted by Crippen LogP contribution is -2.34. The fraction of sp³-hybridized carbons (Fsp3) is 0.246. The first-order chi connectivity index (χ1) is 30.7. The minimum atomic E-state index is -0.732. The number of hydrogen-bond acceptors (Lipinski definition) is 3. The second kappa shape index (κ2) is 14.4. The fourth-order valence-electron chi connectivity index (χ4n) is 11.3. The molecule has 0 saturated heterocycles. The highest BCUT2D eigenvalue weighted by atomic mass is 32.2. The zero-order valence-electron chi connectivity index (χ0n) is 36.9. The Morgan fingerprint density at radius 1 is 0.623 bits per heavy atom. The first-order valence-corrected chi connectivity index (χ1v) is 23.0. The van der Waals surface area contributed by atoms with Gasteiger partial charge in [0, 0.05) is 29.1 Å². The molecule has 3 heterocycles. The highest BCUT2D eigenvalue weighted by Crippen LogP contribution is 2.56. The Kier molecular flexibility index (Phi) is 8.21. The van der Waals surface area contributed by atoms with Crippen molar-refractivity contribution >= 4 is 39.7 Å². The van der Waals surface area contributed by atoms with Crippen LogP contribution in [0.3, 0.4) is 0 Å². The van der Waals surface area contributed by atoms with Crippen LogP contribution < -0.4 is 0 Å². The summed E-state index contributed by atoms with van der Waals surface area (Å²) in [6, 6.07) is 57.8. The average Bonchev–Trinajstić information content (AvgIpc) is 4.12. The number of nitrogens with zero attached hydrogens (tertiary/aromatic N) is 2. The van der Waals surface area contributed by atoms with Crippen LogP contribution in [-0.4, -0.2) is 9.38 Å². The Balaban J connectivity index is 1.14. The molecule has 3 nitrogen and oxygen atoms in total. The van der Waals surface area contributed by atoms with Crippen LogP contribution in [-0.2, 0) is 10.8 Å². The van der Waals surface area contributed by atoms with Gasteiger partial charge in [0.05, 0.1) is 16.4 Å². The zero-order valence-corrected chi connectivity index (χ0v) is 35.7. The third kappa shape index (κ3) is 5.60. The number of para-hydroxylation sites is 1. The van der Waals surface area contributed by atoms with Crippen LogP contribution in [0.15, 0.2) is 172 Å². The van der Waals surface area contributed by atoms with E-state index in [4.69, 9.17) is 9.40 Å². The number of benzene rings is 7. The molecule has 0 radical (unpaired) electrons. The third-order valence-corrected chi connectivity index (χ3v) is 15.5. The van der Waals surface area contributed by atoms with Crippen LogP contribution in [0, 0.1) is 0 Å². The van der Waals surface area contributed by atoms with Crippen molar-refractivity contribution in [3.05, 3.63) is 202 Å². The number of imidazole rings is 1. The zero-order chi connectivity index (χ0) is 42.6. The lowest BCUT2D eigenvalue weighted by molar-refractivity contribution is 0.597. The number of oxazole rings is 1. The van der Waals surface area contributed by atoms with Gasteiger partial charge in [0.25, 0.3) is 0 Å². The molecule has 2 aliphatic carbocycles. The first-order valence-electron chi connectivity index (χ1n) is 23.2. The summed E-state index contributed by atoms with van der Waals surface area (Å²) in [4.78, 5) is 7.99. The molecular weight excluding hydrogens is 761 g/mol. The maximum atomic E-state index is 10.1. The van der Waals surface area contributed by atoms with Crippen LogP contribution in [0.1, 0.15) is 124 Å². The lowest BCUT2D eigenvalue weighted by atomic mass is 9.63. The van der Waals surface area contributed by atoms with Crippen molar-refractivity contribution < 1.29 is 7.16 Å². The topological polar surface area (TPSA) is 30.4 Å². The number of fused-ring (bicyclic) bond motifs is 7. The van der Waals surface area contributed by atoms with Gasteiger partial charge in [-0.3, -0.25) is 4.40 Å². The van der Waals surface area contributed by atoms with E-state index in [9.17, 15) is 2.74 Å². The molecule has 2 aromatic heterocycles. The highest BCUT2D eigenvalue weighted by molar-refractivity contribution is 7.99. The molecule has 1 aliphatic heterocycles. The monoisotopic (exact) mass is 812 g/mol. The van der Waals surface area contributed by atoms with Gasteiger partial charge in [-0.1, -0.05) is 185 Å². The predicted octanol–water partition coefficient (Wildman–Crippen LogP) is 15.4. The van der Waals surface area contributed by atoms with Gasteiger partial charge >= 0.3 is 5.84 Å². The molecule has 0 atom stereocenters. The lowest BCUT2D eigenvalue weighted by Gasteiger charge is -2.42. The van der Waals surface area contributed by atoms with Gasteiger partial charge in [0.2, 0.25) is 0 Å². The second-order valence-corrected chi connectivity index (χ2v) is 19.0. The molecule has 0 unspecified atom stereocenters. The summed E-state index contributed by atoms with van der Waals surface area (Å²) in [7, 11) is 0. The third-order valence-electron chi connectivity index (χ3n) is 14.3. The predicted molar refractivity (Wildman–Crippen MR) is 251 cm³/mol. The van der Waals surface area contributed by atoms with Crippen molar-refractivity contribution in [2.45, 2.75) is 97.6 Å². The van der Waals surface area contributed by atoms with E-state index in [2.05, 4.69) is 176 Å². The van der Waals surface area contributed by atoms with Crippen molar-refractivity contribution in [3.8, 4) is 11.1 Å². The van der Waals surface area contributed by atoms with Gasteiger partial charge in [0.15, 0.2) is 5.58 Å². The van der Waals surface area contributed by atoms with Gasteiger partial charge in [0.1, 0.15) is 5.52 Å². The Bertz CT molecular complexity index is 3190. The fourth-order valence-corrected chi connectivity index (χ4v) is 12.9. The molecule has 4 heteroatoms.